The molecule has 0 atom stereocenters. The predicted octanol–water partition coefficient (Wildman–Crippen LogP) is 2.09. The fourth-order valence-corrected chi connectivity index (χ4v) is 2.02. The lowest BCUT2D eigenvalue weighted by molar-refractivity contribution is 0.219. The molecule has 1 aliphatic heterocycles. The molecular weight excluding hydrogens is 238 g/mol. The molecule has 0 aromatic heterocycles. The first-order chi connectivity index (χ1) is 8.18. The maximum atomic E-state index is 11.3. The van der Waals surface area contributed by atoms with E-state index >= 15 is 0 Å². The molecule has 2 amide bonds. The van der Waals surface area contributed by atoms with E-state index in [0.717, 1.165) is 35.9 Å². The molecule has 2 rings (SSSR count). The Morgan fingerprint density at radius 3 is 3.06 bits per heavy atom. The van der Waals surface area contributed by atoms with Gasteiger partial charge in [-0.15, -0.1) is 0 Å². The van der Waals surface area contributed by atoms with Gasteiger partial charge in [0.25, 0.3) is 0 Å². The minimum atomic E-state index is 0.0228. The van der Waals surface area contributed by atoms with Crippen molar-refractivity contribution >= 4 is 23.3 Å². The van der Waals surface area contributed by atoms with Crippen LogP contribution in [-0.4, -0.2) is 37.1 Å². The molecule has 0 radical (unpaired) electrons. The van der Waals surface area contributed by atoms with Crippen molar-refractivity contribution in [2.45, 2.75) is 6.92 Å². The van der Waals surface area contributed by atoms with Crippen LogP contribution in [0.4, 0.5) is 10.5 Å². The Kier molecular flexibility index (Phi) is 3.74. The normalized spacial score (nSPS) is 14.9. The molecule has 92 valence electrons. The quantitative estimate of drug-likeness (QED) is 0.863. The molecule has 0 spiro atoms. The second-order valence-electron chi connectivity index (χ2n) is 4.06. The third kappa shape index (κ3) is 2.82. The smallest absolute Gasteiger partial charge is 0.317 e. The number of anilines is 1. The van der Waals surface area contributed by atoms with Crippen molar-refractivity contribution < 1.29 is 4.79 Å². The summed E-state index contributed by atoms with van der Waals surface area (Å²) >= 11 is 6.03. The molecular formula is C12H16ClN3O. The van der Waals surface area contributed by atoms with Crippen LogP contribution < -0.4 is 10.6 Å². The van der Waals surface area contributed by atoms with Crippen LogP contribution in [0.3, 0.4) is 0 Å². The summed E-state index contributed by atoms with van der Waals surface area (Å²) in [6.07, 6.45) is 0. The molecule has 0 saturated carbocycles. The molecule has 17 heavy (non-hydrogen) atoms. The van der Waals surface area contributed by atoms with E-state index in [1.807, 2.05) is 25.1 Å². The van der Waals surface area contributed by atoms with Gasteiger partial charge in [-0.2, -0.15) is 0 Å². The number of benzene rings is 1. The summed E-state index contributed by atoms with van der Waals surface area (Å²) in [5, 5.41) is 6.83. The fraction of sp³-hybridized carbons (Fsp3) is 0.417. The van der Waals surface area contributed by atoms with Crippen molar-refractivity contribution in [3.8, 4) is 0 Å². The molecule has 0 aliphatic carbocycles. The largest absolute Gasteiger partial charge is 0.383 e. The third-order valence-corrected chi connectivity index (χ3v) is 3.32. The van der Waals surface area contributed by atoms with E-state index in [9.17, 15) is 4.79 Å². The van der Waals surface area contributed by atoms with E-state index in [4.69, 9.17) is 11.6 Å². The van der Waals surface area contributed by atoms with Gasteiger partial charge in [0, 0.05) is 36.9 Å². The molecule has 1 aromatic rings. The van der Waals surface area contributed by atoms with Gasteiger partial charge in [0.05, 0.1) is 0 Å². The van der Waals surface area contributed by atoms with Crippen LogP contribution in [0.15, 0.2) is 18.2 Å². The second kappa shape index (κ2) is 5.27. The standard InChI is InChI=1S/C12H16ClN3O/c1-9-10(13)3-2-4-11(9)14-5-7-16-8-6-15-12(16)17/h2-4,14H,5-8H2,1H3,(H,15,17). The Bertz CT molecular complexity index is 422. The Labute approximate surface area is 106 Å². The van der Waals surface area contributed by atoms with Crippen molar-refractivity contribution in [2.24, 2.45) is 0 Å². The van der Waals surface area contributed by atoms with E-state index in [-0.39, 0.29) is 6.03 Å². The lowest BCUT2D eigenvalue weighted by Crippen LogP contribution is -2.32. The van der Waals surface area contributed by atoms with Gasteiger partial charge >= 0.3 is 6.03 Å². The number of nitrogens with zero attached hydrogens (tertiary/aromatic N) is 1. The molecule has 1 aromatic carbocycles. The average Bonchev–Trinajstić information content (AvgIpc) is 2.71. The number of urea groups is 1. The monoisotopic (exact) mass is 253 g/mol. The lowest BCUT2D eigenvalue weighted by atomic mass is 10.2. The van der Waals surface area contributed by atoms with Gasteiger partial charge in [0.2, 0.25) is 0 Å². The summed E-state index contributed by atoms with van der Waals surface area (Å²) in [4.78, 5) is 13.1. The average molecular weight is 254 g/mol. The first kappa shape index (κ1) is 12.0. The van der Waals surface area contributed by atoms with E-state index in [0.29, 0.717) is 6.54 Å². The van der Waals surface area contributed by atoms with Crippen LogP contribution >= 0.6 is 11.6 Å². The third-order valence-electron chi connectivity index (χ3n) is 2.91. The zero-order valence-electron chi connectivity index (χ0n) is 9.79. The van der Waals surface area contributed by atoms with Gasteiger partial charge in [-0.05, 0) is 24.6 Å². The van der Waals surface area contributed by atoms with Gasteiger partial charge in [0.1, 0.15) is 0 Å². The van der Waals surface area contributed by atoms with Crippen molar-refractivity contribution in [3.63, 3.8) is 0 Å². The highest BCUT2D eigenvalue weighted by molar-refractivity contribution is 6.31. The Morgan fingerprint density at radius 2 is 2.35 bits per heavy atom. The summed E-state index contributed by atoms with van der Waals surface area (Å²) in [5.74, 6) is 0. The van der Waals surface area contributed by atoms with Crippen molar-refractivity contribution in [1.82, 2.24) is 10.2 Å². The Morgan fingerprint density at radius 1 is 1.53 bits per heavy atom. The number of rotatable bonds is 4. The summed E-state index contributed by atoms with van der Waals surface area (Å²) < 4.78 is 0. The number of halogens is 1. The summed E-state index contributed by atoms with van der Waals surface area (Å²) in [7, 11) is 0. The highest BCUT2D eigenvalue weighted by Gasteiger charge is 2.18. The molecule has 0 unspecified atom stereocenters. The van der Waals surface area contributed by atoms with E-state index < -0.39 is 0 Å². The Hall–Kier alpha value is -1.42. The number of hydrogen-bond donors (Lipinski definition) is 2. The molecule has 4 nitrogen and oxygen atoms in total. The first-order valence-corrected chi connectivity index (χ1v) is 6.08. The number of carbonyl (C=O) groups excluding carboxylic acids is 1. The molecule has 1 fully saturated rings. The molecule has 0 bridgehead atoms. The molecule has 1 heterocycles. The van der Waals surface area contributed by atoms with E-state index in [2.05, 4.69) is 10.6 Å². The van der Waals surface area contributed by atoms with Crippen LogP contribution in [-0.2, 0) is 0 Å². The SMILES string of the molecule is Cc1c(Cl)cccc1NCCN1CCNC1=O. The lowest BCUT2D eigenvalue weighted by Gasteiger charge is -2.16. The van der Waals surface area contributed by atoms with Gasteiger partial charge in [-0.3, -0.25) is 0 Å². The number of nitrogens with one attached hydrogen (secondary N) is 2. The highest BCUT2D eigenvalue weighted by atomic mass is 35.5. The zero-order valence-corrected chi connectivity index (χ0v) is 10.5. The minimum Gasteiger partial charge on any atom is -0.383 e. The van der Waals surface area contributed by atoms with E-state index in [1.165, 1.54) is 0 Å². The van der Waals surface area contributed by atoms with Crippen molar-refractivity contribution in [1.29, 1.82) is 0 Å². The second-order valence-corrected chi connectivity index (χ2v) is 4.47. The summed E-state index contributed by atoms with van der Waals surface area (Å²) in [6.45, 7) is 4.95. The number of hydrogen-bond acceptors (Lipinski definition) is 2. The number of carbonyl (C=O) groups is 1. The maximum absolute atomic E-state index is 11.3. The minimum absolute atomic E-state index is 0.0228. The van der Waals surface area contributed by atoms with Crippen molar-refractivity contribution in [3.05, 3.63) is 28.8 Å². The zero-order chi connectivity index (χ0) is 12.3. The van der Waals surface area contributed by atoms with Gasteiger partial charge in [0.15, 0.2) is 0 Å². The fourth-order valence-electron chi connectivity index (χ4n) is 1.85. The first-order valence-electron chi connectivity index (χ1n) is 5.70. The van der Waals surface area contributed by atoms with Gasteiger partial charge in [-0.25, -0.2) is 4.79 Å². The van der Waals surface area contributed by atoms with Gasteiger partial charge in [-0.1, -0.05) is 17.7 Å². The van der Waals surface area contributed by atoms with Crippen molar-refractivity contribution in [2.75, 3.05) is 31.5 Å². The molecule has 1 saturated heterocycles. The Balaban J connectivity index is 1.86. The van der Waals surface area contributed by atoms with Crippen LogP contribution in [0, 0.1) is 6.92 Å². The maximum Gasteiger partial charge on any atom is 0.317 e. The van der Waals surface area contributed by atoms with E-state index in [1.54, 1.807) is 4.90 Å². The van der Waals surface area contributed by atoms with Crippen LogP contribution in [0.25, 0.3) is 0 Å². The van der Waals surface area contributed by atoms with Crippen LogP contribution in [0.1, 0.15) is 5.56 Å². The topological polar surface area (TPSA) is 44.4 Å². The molecule has 2 N–H and O–H groups in total. The molecule has 5 heteroatoms. The number of amides is 2. The summed E-state index contributed by atoms with van der Waals surface area (Å²) in [6, 6.07) is 5.80. The van der Waals surface area contributed by atoms with Crippen LogP contribution in [0.2, 0.25) is 5.02 Å². The predicted molar refractivity (Wildman–Crippen MR) is 69.7 cm³/mol. The highest BCUT2D eigenvalue weighted by Crippen LogP contribution is 2.22. The summed E-state index contributed by atoms with van der Waals surface area (Å²) in [5.41, 5.74) is 2.07. The van der Waals surface area contributed by atoms with Gasteiger partial charge < -0.3 is 15.5 Å². The molecule has 1 aliphatic rings. The van der Waals surface area contributed by atoms with Crippen LogP contribution in [0.5, 0.6) is 0 Å².